The average molecular weight is 333 g/mol. The van der Waals surface area contributed by atoms with Crippen molar-refractivity contribution in [2.45, 2.75) is 44.4 Å². The highest BCUT2D eigenvalue weighted by molar-refractivity contribution is 7.15. The predicted octanol–water partition coefficient (Wildman–Crippen LogP) is 3.29. The Hall–Kier alpha value is -1.89. The Labute approximate surface area is 140 Å². The SMILES string of the molecule is Cn1ccc(CCNC(=O)Nc2ncc(C3CCCCC3)s2)n1. The van der Waals surface area contributed by atoms with Crippen molar-refractivity contribution in [3.05, 3.63) is 29.0 Å². The van der Waals surface area contributed by atoms with Crippen molar-refractivity contribution in [1.29, 1.82) is 0 Å². The fraction of sp³-hybridized carbons (Fsp3) is 0.562. The highest BCUT2D eigenvalue weighted by Crippen LogP contribution is 2.36. The van der Waals surface area contributed by atoms with Gasteiger partial charge >= 0.3 is 6.03 Å². The maximum absolute atomic E-state index is 11.9. The third-order valence-electron chi connectivity index (χ3n) is 4.19. The van der Waals surface area contributed by atoms with Crippen LogP contribution in [-0.4, -0.2) is 27.3 Å². The number of carbonyl (C=O) groups is 1. The van der Waals surface area contributed by atoms with Gasteiger partial charge in [-0.1, -0.05) is 19.3 Å². The van der Waals surface area contributed by atoms with Gasteiger partial charge in [-0.3, -0.25) is 10.00 Å². The van der Waals surface area contributed by atoms with Crippen molar-refractivity contribution in [1.82, 2.24) is 20.1 Å². The maximum Gasteiger partial charge on any atom is 0.321 e. The van der Waals surface area contributed by atoms with Gasteiger partial charge in [-0.15, -0.1) is 11.3 Å². The van der Waals surface area contributed by atoms with E-state index in [9.17, 15) is 4.79 Å². The van der Waals surface area contributed by atoms with Gasteiger partial charge in [0, 0.05) is 37.3 Å². The van der Waals surface area contributed by atoms with Crippen LogP contribution in [0.5, 0.6) is 0 Å². The average Bonchev–Trinajstić information content (AvgIpc) is 3.17. The molecule has 0 aliphatic heterocycles. The van der Waals surface area contributed by atoms with Gasteiger partial charge in [0.15, 0.2) is 5.13 Å². The topological polar surface area (TPSA) is 71.8 Å². The van der Waals surface area contributed by atoms with E-state index in [-0.39, 0.29) is 6.03 Å². The second-order valence-corrected chi connectivity index (χ2v) is 7.08. The molecule has 2 aromatic heterocycles. The van der Waals surface area contributed by atoms with Crippen LogP contribution in [0.3, 0.4) is 0 Å². The van der Waals surface area contributed by atoms with Gasteiger partial charge in [0.25, 0.3) is 0 Å². The molecule has 7 heteroatoms. The number of nitrogens with zero attached hydrogens (tertiary/aromatic N) is 3. The van der Waals surface area contributed by atoms with Gasteiger partial charge in [-0.2, -0.15) is 5.10 Å². The van der Waals surface area contributed by atoms with E-state index in [0.29, 0.717) is 17.6 Å². The molecule has 0 atom stereocenters. The zero-order valence-electron chi connectivity index (χ0n) is 13.4. The first kappa shape index (κ1) is 16.0. The predicted molar refractivity (Wildman–Crippen MR) is 91.9 cm³/mol. The van der Waals surface area contributed by atoms with Crippen LogP contribution in [0.2, 0.25) is 0 Å². The summed E-state index contributed by atoms with van der Waals surface area (Å²) in [4.78, 5) is 17.5. The summed E-state index contributed by atoms with van der Waals surface area (Å²) in [5.74, 6) is 0.629. The zero-order valence-corrected chi connectivity index (χ0v) is 14.2. The number of hydrogen-bond acceptors (Lipinski definition) is 4. The maximum atomic E-state index is 11.9. The van der Waals surface area contributed by atoms with Gasteiger partial charge in [0.1, 0.15) is 0 Å². The molecule has 1 aliphatic rings. The van der Waals surface area contributed by atoms with E-state index in [1.807, 2.05) is 25.5 Å². The van der Waals surface area contributed by atoms with E-state index in [0.717, 1.165) is 12.1 Å². The lowest BCUT2D eigenvalue weighted by molar-refractivity contribution is 0.252. The van der Waals surface area contributed by atoms with Gasteiger partial charge in [0.05, 0.1) is 5.69 Å². The van der Waals surface area contributed by atoms with Gasteiger partial charge in [0.2, 0.25) is 0 Å². The monoisotopic (exact) mass is 333 g/mol. The number of anilines is 1. The molecule has 2 aromatic rings. The summed E-state index contributed by atoms with van der Waals surface area (Å²) < 4.78 is 1.76. The Morgan fingerprint density at radius 2 is 2.22 bits per heavy atom. The molecule has 0 saturated heterocycles. The molecule has 2 amide bonds. The number of urea groups is 1. The molecule has 2 heterocycles. The standard InChI is InChI=1S/C16H23N5OS/c1-21-10-8-13(20-21)7-9-17-15(22)19-16-18-11-14(23-16)12-5-3-2-4-6-12/h8,10-12H,2-7,9H2,1H3,(H2,17,18,19,22). The number of amides is 2. The van der Waals surface area contributed by atoms with E-state index in [4.69, 9.17) is 0 Å². The first-order chi connectivity index (χ1) is 11.2. The molecule has 2 N–H and O–H groups in total. The summed E-state index contributed by atoms with van der Waals surface area (Å²) >= 11 is 1.60. The Morgan fingerprint density at radius 3 is 2.96 bits per heavy atom. The minimum Gasteiger partial charge on any atom is -0.337 e. The number of carbonyl (C=O) groups excluding carboxylic acids is 1. The van der Waals surface area contributed by atoms with E-state index < -0.39 is 0 Å². The lowest BCUT2D eigenvalue weighted by Crippen LogP contribution is -2.30. The quantitative estimate of drug-likeness (QED) is 0.882. The van der Waals surface area contributed by atoms with Crippen LogP contribution in [0.25, 0.3) is 0 Å². The normalized spacial score (nSPS) is 15.5. The van der Waals surface area contributed by atoms with Crippen molar-refractivity contribution in [2.24, 2.45) is 7.05 Å². The van der Waals surface area contributed by atoms with Crippen molar-refractivity contribution in [3.63, 3.8) is 0 Å². The molecule has 1 aliphatic carbocycles. The van der Waals surface area contributed by atoms with Crippen molar-refractivity contribution in [2.75, 3.05) is 11.9 Å². The molecular formula is C16H23N5OS. The van der Waals surface area contributed by atoms with E-state index in [1.54, 1.807) is 16.0 Å². The van der Waals surface area contributed by atoms with Crippen LogP contribution in [0.1, 0.15) is 48.6 Å². The second-order valence-electron chi connectivity index (χ2n) is 6.01. The molecule has 124 valence electrons. The zero-order chi connectivity index (χ0) is 16.1. The number of aryl methyl sites for hydroxylation is 1. The van der Waals surface area contributed by atoms with E-state index >= 15 is 0 Å². The van der Waals surface area contributed by atoms with Gasteiger partial charge in [-0.25, -0.2) is 9.78 Å². The summed E-state index contributed by atoms with van der Waals surface area (Å²) in [6.07, 6.45) is 11.0. The fourth-order valence-electron chi connectivity index (χ4n) is 2.96. The third-order valence-corrected chi connectivity index (χ3v) is 5.26. The van der Waals surface area contributed by atoms with Crippen LogP contribution >= 0.6 is 11.3 Å². The number of rotatable bonds is 5. The van der Waals surface area contributed by atoms with Crippen LogP contribution in [-0.2, 0) is 13.5 Å². The minimum atomic E-state index is -0.203. The van der Waals surface area contributed by atoms with Crippen molar-refractivity contribution < 1.29 is 4.79 Å². The van der Waals surface area contributed by atoms with Crippen LogP contribution in [0.4, 0.5) is 9.93 Å². The number of aromatic nitrogens is 3. The largest absolute Gasteiger partial charge is 0.337 e. The molecule has 0 bridgehead atoms. The first-order valence-corrected chi connectivity index (χ1v) is 9.01. The first-order valence-electron chi connectivity index (χ1n) is 8.20. The van der Waals surface area contributed by atoms with Crippen LogP contribution < -0.4 is 10.6 Å². The summed E-state index contributed by atoms with van der Waals surface area (Å²) in [7, 11) is 1.88. The molecule has 23 heavy (non-hydrogen) atoms. The molecule has 0 spiro atoms. The number of thiazole rings is 1. The van der Waals surface area contributed by atoms with Gasteiger partial charge in [-0.05, 0) is 24.8 Å². The highest BCUT2D eigenvalue weighted by atomic mass is 32.1. The smallest absolute Gasteiger partial charge is 0.321 e. The Balaban J connectivity index is 1.43. The Bertz CT molecular complexity index is 644. The Kier molecular flexibility index (Phi) is 5.27. The number of hydrogen-bond donors (Lipinski definition) is 2. The van der Waals surface area contributed by atoms with Crippen molar-refractivity contribution >= 4 is 22.5 Å². The van der Waals surface area contributed by atoms with E-state index in [1.165, 1.54) is 37.0 Å². The molecular weight excluding hydrogens is 310 g/mol. The molecule has 0 radical (unpaired) electrons. The Morgan fingerprint density at radius 1 is 1.39 bits per heavy atom. The van der Waals surface area contributed by atoms with Crippen molar-refractivity contribution in [3.8, 4) is 0 Å². The molecule has 6 nitrogen and oxygen atoms in total. The molecule has 1 saturated carbocycles. The number of nitrogens with one attached hydrogen (secondary N) is 2. The second kappa shape index (κ2) is 7.59. The molecule has 0 aromatic carbocycles. The lowest BCUT2D eigenvalue weighted by Gasteiger charge is -2.19. The van der Waals surface area contributed by atoms with Crippen LogP contribution in [0, 0.1) is 0 Å². The summed E-state index contributed by atoms with van der Waals surface area (Å²) in [6.45, 7) is 0.559. The van der Waals surface area contributed by atoms with E-state index in [2.05, 4.69) is 20.7 Å². The molecule has 0 unspecified atom stereocenters. The summed E-state index contributed by atoms with van der Waals surface area (Å²) in [5, 5.41) is 10.6. The highest BCUT2D eigenvalue weighted by Gasteiger charge is 2.18. The summed E-state index contributed by atoms with van der Waals surface area (Å²) in [6, 6.07) is 1.75. The third kappa shape index (κ3) is 4.54. The molecule has 3 rings (SSSR count). The minimum absolute atomic E-state index is 0.203. The summed E-state index contributed by atoms with van der Waals surface area (Å²) in [5.41, 5.74) is 0.974. The molecule has 1 fully saturated rings. The van der Waals surface area contributed by atoms with Crippen LogP contribution in [0.15, 0.2) is 18.5 Å². The fourth-order valence-corrected chi connectivity index (χ4v) is 3.94. The lowest BCUT2D eigenvalue weighted by atomic mass is 9.89. The van der Waals surface area contributed by atoms with Gasteiger partial charge < -0.3 is 5.32 Å².